The number of rotatable bonds is 6. The molecule has 33 heavy (non-hydrogen) atoms. The van der Waals surface area contributed by atoms with E-state index in [4.69, 9.17) is 4.74 Å². The third-order valence-corrected chi connectivity index (χ3v) is 5.72. The molecule has 0 bridgehead atoms. The molecule has 0 radical (unpaired) electrons. The second-order valence-corrected chi connectivity index (χ2v) is 7.91. The minimum atomic E-state index is 0.0385. The second kappa shape index (κ2) is 9.56. The molecule has 4 heterocycles. The Morgan fingerprint density at radius 1 is 0.970 bits per heavy atom. The number of carbonyl (C=O) groups excluding carboxylic acids is 1. The van der Waals surface area contributed by atoms with Gasteiger partial charge in [-0.2, -0.15) is 0 Å². The van der Waals surface area contributed by atoms with Gasteiger partial charge in [0.15, 0.2) is 0 Å². The molecule has 1 amide bonds. The van der Waals surface area contributed by atoms with Gasteiger partial charge in [-0.15, -0.1) is 0 Å². The molecular formula is C26H25N5O2. The van der Waals surface area contributed by atoms with E-state index >= 15 is 0 Å². The third kappa shape index (κ3) is 5.03. The number of hydrogen-bond acceptors (Lipinski definition) is 5. The zero-order valence-corrected chi connectivity index (χ0v) is 18.2. The summed E-state index contributed by atoms with van der Waals surface area (Å²) in [6, 6.07) is 17.6. The summed E-state index contributed by atoms with van der Waals surface area (Å²) in [5.41, 5.74) is 3.88. The van der Waals surface area contributed by atoms with Crippen molar-refractivity contribution in [1.82, 2.24) is 19.3 Å². The maximum atomic E-state index is 12.6. The van der Waals surface area contributed by atoms with Crippen LogP contribution in [0.4, 0.5) is 5.69 Å². The molecule has 7 heteroatoms. The van der Waals surface area contributed by atoms with Crippen molar-refractivity contribution in [1.29, 1.82) is 0 Å². The first-order chi connectivity index (χ1) is 16.2. The van der Waals surface area contributed by atoms with Crippen molar-refractivity contribution < 1.29 is 9.53 Å². The van der Waals surface area contributed by atoms with E-state index in [-0.39, 0.29) is 5.91 Å². The standard InChI is InChI=1S/C26H25N5O2/c32-26(30-17-15-29(16-18-30)23-10-12-27-13-11-23)9-6-21-4-7-24(8-5-21)33-20-22-19-31-14-2-1-3-25(31)28-22/h1-14,19H,15-18,20H2. The Kier molecular flexibility index (Phi) is 6.01. The fourth-order valence-corrected chi connectivity index (χ4v) is 3.90. The average Bonchev–Trinajstić information content (AvgIpc) is 3.30. The number of carbonyl (C=O) groups is 1. The van der Waals surface area contributed by atoms with Crippen LogP contribution in [0, 0.1) is 0 Å². The molecule has 0 atom stereocenters. The lowest BCUT2D eigenvalue weighted by Gasteiger charge is -2.35. The number of ether oxygens (including phenoxy) is 1. The number of anilines is 1. The second-order valence-electron chi connectivity index (χ2n) is 7.91. The third-order valence-electron chi connectivity index (χ3n) is 5.72. The van der Waals surface area contributed by atoms with Crippen molar-refractivity contribution in [3.8, 4) is 5.75 Å². The molecule has 1 saturated heterocycles. The lowest BCUT2D eigenvalue weighted by atomic mass is 10.2. The minimum Gasteiger partial charge on any atom is -0.487 e. The smallest absolute Gasteiger partial charge is 0.246 e. The van der Waals surface area contributed by atoms with Crippen LogP contribution in [0.25, 0.3) is 11.7 Å². The average molecular weight is 440 g/mol. The van der Waals surface area contributed by atoms with Gasteiger partial charge in [-0.25, -0.2) is 4.98 Å². The first kappa shape index (κ1) is 20.8. The molecule has 3 aromatic heterocycles. The molecule has 7 nitrogen and oxygen atoms in total. The van der Waals surface area contributed by atoms with Gasteiger partial charge in [0, 0.05) is 62.7 Å². The van der Waals surface area contributed by atoms with Gasteiger partial charge in [0.2, 0.25) is 5.91 Å². The van der Waals surface area contributed by atoms with E-state index in [0.29, 0.717) is 19.7 Å². The van der Waals surface area contributed by atoms with E-state index in [0.717, 1.165) is 41.4 Å². The number of fused-ring (bicyclic) bond motifs is 1. The quantitative estimate of drug-likeness (QED) is 0.429. The fourth-order valence-electron chi connectivity index (χ4n) is 3.90. The summed E-state index contributed by atoms with van der Waals surface area (Å²) in [5, 5.41) is 0. The van der Waals surface area contributed by atoms with Crippen molar-refractivity contribution in [3.05, 3.63) is 96.7 Å². The van der Waals surface area contributed by atoms with Gasteiger partial charge in [-0.3, -0.25) is 9.78 Å². The number of nitrogens with zero attached hydrogens (tertiary/aromatic N) is 5. The van der Waals surface area contributed by atoms with Crippen LogP contribution in [-0.4, -0.2) is 51.4 Å². The summed E-state index contributed by atoms with van der Waals surface area (Å²) in [4.78, 5) is 25.4. The van der Waals surface area contributed by atoms with Gasteiger partial charge in [0.25, 0.3) is 0 Å². The van der Waals surface area contributed by atoms with Crippen molar-refractivity contribution in [2.45, 2.75) is 6.61 Å². The van der Waals surface area contributed by atoms with Crippen LogP contribution < -0.4 is 9.64 Å². The summed E-state index contributed by atoms with van der Waals surface area (Å²) in [7, 11) is 0. The SMILES string of the molecule is O=C(C=Cc1ccc(OCc2cn3ccccc3n2)cc1)N1CCN(c2ccncc2)CC1. The topological polar surface area (TPSA) is 63.0 Å². The Bertz CT molecular complexity index is 1210. The van der Waals surface area contributed by atoms with E-state index in [9.17, 15) is 4.79 Å². The number of imidazole rings is 1. The summed E-state index contributed by atoms with van der Waals surface area (Å²) >= 11 is 0. The van der Waals surface area contributed by atoms with Crippen molar-refractivity contribution in [2.75, 3.05) is 31.1 Å². The Morgan fingerprint density at radius 2 is 1.76 bits per heavy atom. The van der Waals surface area contributed by atoms with Gasteiger partial charge in [-0.05, 0) is 48.0 Å². The maximum Gasteiger partial charge on any atom is 0.246 e. The highest BCUT2D eigenvalue weighted by Gasteiger charge is 2.19. The molecule has 1 aliphatic rings. The van der Waals surface area contributed by atoms with Crippen LogP contribution in [0.15, 0.2) is 85.5 Å². The maximum absolute atomic E-state index is 12.6. The number of benzene rings is 1. The first-order valence-electron chi connectivity index (χ1n) is 11.0. The number of aromatic nitrogens is 3. The van der Waals surface area contributed by atoms with Gasteiger partial charge >= 0.3 is 0 Å². The lowest BCUT2D eigenvalue weighted by Crippen LogP contribution is -2.48. The summed E-state index contributed by atoms with van der Waals surface area (Å²) in [5.74, 6) is 0.805. The molecule has 1 aromatic carbocycles. The van der Waals surface area contributed by atoms with Gasteiger partial charge in [0.05, 0.1) is 5.69 Å². The molecule has 5 rings (SSSR count). The molecular weight excluding hydrogens is 414 g/mol. The zero-order chi connectivity index (χ0) is 22.5. The van der Waals surface area contributed by atoms with E-state index in [1.54, 1.807) is 18.5 Å². The Hall–Kier alpha value is -4.13. The number of amides is 1. The van der Waals surface area contributed by atoms with Crippen LogP contribution >= 0.6 is 0 Å². The zero-order valence-electron chi connectivity index (χ0n) is 18.2. The number of hydrogen-bond donors (Lipinski definition) is 0. The van der Waals surface area contributed by atoms with Gasteiger partial charge in [0.1, 0.15) is 18.0 Å². The van der Waals surface area contributed by atoms with E-state index in [2.05, 4.69) is 14.9 Å². The van der Waals surface area contributed by atoms with Gasteiger partial charge < -0.3 is 18.9 Å². The highest BCUT2D eigenvalue weighted by atomic mass is 16.5. The van der Waals surface area contributed by atoms with Crippen LogP contribution in [0.3, 0.4) is 0 Å². The predicted octanol–water partition coefficient (Wildman–Crippen LogP) is 3.67. The van der Waals surface area contributed by atoms with E-state index in [1.165, 1.54) is 0 Å². The molecule has 4 aromatic rings. The number of pyridine rings is 2. The highest BCUT2D eigenvalue weighted by Crippen LogP contribution is 2.17. The van der Waals surface area contributed by atoms with Crippen LogP contribution in [-0.2, 0) is 11.4 Å². The Labute approximate surface area is 192 Å². The van der Waals surface area contributed by atoms with Crippen molar-refractivity contribution >= 4 is 23.3 Å². The molecule has 0 spiro atoms. The van der Waals surface area contributed by atoms with E-state index in [1.807, 2.05) is 82.4 Å². The number of piperazine rings is 1. The lowest BCUT2D eigenvalue weighted by molar-refractivity contribution is -0.126. The van der Waals surface area contributed by atoms with Crippen LogP contribution in [0.2, 0.25) is 0 Å². The summed E-state index contributed by atoms with van der Waals surface area (Å²) in [6.45, 7) is 3.47. The Balaban J connectivity index is 1.11. The molecule has 1 aliphatic heterocycles. The first-order valence-corrected chi connectivity index (χ1v) is 11.0. The van der Waals surface area contributed by atoms with Crippen molar-refractivity contribution in [3.63, 3.8) is 0 Å². The van der Waals surface area contributed by atoms with Crippen LogP contribution in [0.5, 0.6) is 5.75 Å². The van der Waals surface area contributed by atoms with Crippen LogP contribution in [0.1, 0.15) is 11.3 Å². The predicted molar refractivity (Wildman–Crippen MR) is 128 cm³/mol. The molecule has 0 saturated carbocycles. The molecule has 0 N–H and O–H groups in total. The molecule has 0 unspecified atom stereocenters. The van der Waals surface area contributed by atoms with E-state index < -0.39 is 0 Å². The molecule has 166 valence electrons. The molecule has 1 fully saturated rings. The highest BCUT2D eigenvalue weighted by molar-refractivity contribution is 5.92. The largest absolute Gasteiger partial charge is 0.487 e. The normalized spacial score (nSPS) is 14.2. The Morgan fingerprint density at radius 3 is 2.52 bits per heavy atom. The monoisotopic (exact) mass is 439 g/mol. The molecule has 0 aliphatic carbocycles. The fraction of sp³-hybridized carbons (Fsp3) is 0.192. The minimum absolute atomic E-state index is 0.0385. The van der Waals surface area contributed by atoms with Crippen molar-refractivity contribution in [2.24, 2.45) is 0 Å². The summed E-state index contributed by atoms with van der Waals surface area (Å²) in [6.07, 6.45) is 11.0. The summed E-state index contributed by atoms with van der Waals surface area (Å²) < 4.78 is 7.84. The van der Waals surface area contributed by atoms with Gasteiger partial charge in [-0.1, -0.05) is 18.2 Å².